The zero-order valence-corrected chi connectivity index (χ0v) is 9.72. The van der Waals surface area contributed by atoms with Gasteiger partial charge in [-0.25, -0.2) is 4.98 Å². The molecule has 88 valence electrons. The molecule has 0 saturated carbocycles. The maximum Gasteiger partial charge on any atom is 0.149 e. The maximum absolute atomic E-state index is 5.66. The van der Waals surface area contributed by atoms with Crippen LogP contribution in [-0.2, 0) is 0 Å². The Bertz CT molecular complexity index is 496. The molecule has 0 spiro atoms. The molecule has 2 rings (SSSR count). The highest BCUT2D eigenvalue weighted by molar-refractivity contribution is 5.61. The molecule has 4 nitrogen and oxygen atoms in total. The summed E-state index contributed by atoms with van der Waals surface area (Å²) in [6, 6.07) is 13.9. The number of benzene rings is 1. The standard InChI is InChI=1S/C13H16N4/c1-9(10-5-3-2-4-6-10)16-12-8-7-11(14)13(15)17-12/h2-9H,14H2,1H3,(H3,15,16,17). The first-order valence-corrected chi connectivity index (χ1v) is 5.50. The summed E-state index contributed by atoms with van der Waals surface area (Å²) in [7, 11) is 0. The minimum atomic E-state index is 0.173. The van der Waals surface area contributed by atoms with E-state index >= 15 is 0 Å². The Morgan fingerprint density at radius 1 is 1.06 bits per heavy atom. The summed E-state index contributed by atoms with van der Waals surface area (Å²) in [5.41, 5.74) is 13.0. The Kier molecular flexibility index (Phi) is 3.14. The molecule has 0 bridgehead atoms. The van der Waals surface area contributed by atoms with E-state index in [9.17, 15) is 0 Å². The molecule has 0 aliphatic heterocycles. The second-order valence-electron chi connectivity index (χ2n) is 3.95. The summed E-state index contributed by atoms with van der Waals surface area (Å²) in [4.78, 5) is 4.18. The third-order valence-electron chi connectivity index (χ3n) is 2.62. The molecule has 1 aromatic heterocycles. The fourth-order valence-corrected chi connectivity index (χ4v) is 1.61. The lowest BCUT2D eigenvalue weighted by atomic mass is 10.1. The number of anilines is 3. The number of nitrogens with zero attached hydrogens (tertiary/aromatic N) is 1. The number of rotatable bonds is 3. The Balaban J connectivity index is 2.13. The van der Waals surface area contributed by atoms with Gasteiger partial charge >= 0.3 is 0 Å². The van der Waals surface area contributed by atoms with Crippen molar-refractivity contribution in [2.75, 3.05) is 16.8 Å². The third-order valence-corrected chi connectivity index (χ3v) is 2.62. The number of hydrogen-bond acceptors (Lipinski definition) is 4. The van der Waals surface area contributed by atoms with Crippen LogP contribution in [0.5, 0.6) is 0 Å². The molecule has 0 amide bonds. The van der Waals surface area contributed by atoms with Crippen molar-refractivity contribution in [2.45, 2.75) is 13.0 Å². The molecule has 0 aliphatic carbocycles. The monoisotopic (exact) mass is 228 g/mol. The highest BCUT2D eigenvalue weighted by Gasteiger charge is 2.06. The zero-order valence-electron chi connectivity index (χ0n) is 9.72. The van der Waals surface area contributed by atoms with E-state index in [0.717, 1.165) is 5.82 Å². The van der Waals surface area contributed by atoms with Gasteiger partial charge in [-0.2, -0.15) is 0 Å². The fourth-order valence-electron chi connectivity index (χ4n) is 1.61. The van der Waals surface area contributed by atoms with Crippen LogP contribution in [0, 0.1) is 0 Å². The van der Waals surface area contributed by atoms with Gasteiger partial charge in [0.1, 0.15) is 11.6 Å². The summed E-state index contributed by atoms with van der Waals surface area (Å²) in [5, 5.41) is 3.28. The zero-order chi connectivity index (χ0) is 12.3. The lowest BCUT2D eigenvalue weighted by Gasteiger charge is -2.15. The number of pyridine rings is 1. The average Bonchev–Trinajstić information content (AvgIpc) is 2.35. The van der Waals surface area contributed by atoms with E-state index in [4.69, 9.17) is 11.5 Å². The van der Waals surface area contributed by atoms with Gasteiger partial charge in [-0.1, -0.05) is 30.3 Å². The van der Waals surface area contributed by atoms with Crippen LogP contribution in [-0.4, -0.2) is 4.98 Å². The summed E-state index contributed by atoms with van der Waals surface area (Å²) < 4.78 is 0. The van der Waals surface area contributed by atoms with Gasteiger partial charge < -0.3 is 16.8 Å². The van der Waals surface area contributed by atoms with E-state index in [1.807, 2.05) is 24.3 Å². The molecule has 17 heavy (non-hydrogen) atoms. The SMILES string of the molecule is CC(Nc1ccc(N)c(N)n1)c1ccccc1. The number of aromatic nitrogens is 1. The highest BCUT2D eigenvalue weighted by atomic mass is 15.0. The molecule has 0 aliphatic rings. The molecule has 1 heterocycles. The van der Waals surface area contributed by atoms with Crippen LogP contribution < -0.4 is 16.8 Å². The molecule has 0 fully saturated rings. The van der Waals surface area contributed by atoms with Crippen molar-refractivity contribution in [1.29, 1.82) is 0 Å². The first kappa shape index (κ1) is 11.3. The normalized spacial score (nSPS) is 12.1. The van der Waals surface area contributed by atoms with Crippen molar-refractivity contribution >= 4 is 17.3 Å². The minimum Gasteiger partial charge on any atom is -0.396 e. The van der Waals surface area contributed by atoms with Crippen molar-refractivity contribution in [3.8, 4) is 0 Å². The Labute approximate surface area is 101 Å². The average molecular weight is 228 g/mol. The van der Waals surface area contributed by atoms with E-state index in [-0.39, 0.29) is 6.04 Å². The van der Waals surface area contributed by atoms with Crippen molar-refractivity contribution in [3.05, 3.63) is 48.0 Å². The highest BCUT2D eigenvalue weighted by Crippen LogP contribution is 2.20. The molecule has 1 aromatic carbocycles. The van der Waals surface area contributed by atoms with E-state index in [1.54, 1.807) is 6.07 Å². The number of nitrogen functional groups attached to an aromatic ring is 2. The summed E-state index contributed by atoms with van der Waals surface area (Å²) >= 11 is 0. The van der Waals surface area contributed by atoms with Crippen molar-refractivity contribution in [3.63, 3.8) is 0 Å². The van der Waals surface area contributed by atoms with Crippen LogP contribution in [0.4, 0.5) is 17.3 Å². The largest absolute Gasteiger partial charge is 0.396 e. The third kappa shape index (κ3) is 2.66. The van der Waals surface area contributed by atoms with Gasteiger partial charge in [-0.05, 0) is 24.6 Å². The molecule has 0 saturated heterocycles. The predicted octanol–water partition coefficient (Wildman–Crippen LogP) is 2.42. The lowest BCUT2D eigenvalue weighted by Crippen LogP contribution is -2.09. The molecule has 4 heteroatoms. The topological polar surface area (TPSA) is 77.0 Å². The van der Waals surface area contributed by atoms with E-state index in [2.05, 4.69) is 29.4 Å². The van der Waals surface area contributed by atoms with Gasteiger partial charge in [0, 0.05) is 6.04 Å². The van der Waals surface area contributed by atoms with Crippen LogP contribution in [0.3, 0.4) is 0 Å². The summed E-state index contributed by atoms with van der Waals surface area (Å²) in [6.07, 6.45) is 0. The summed E-state index contributed by atoms with van der Waals surface area (Å²) in [6.45, 7) is 2.07. The van der Waals surface area contributed by atoms with Gasteiger partial charge in [0.05, 0.1) is 5.69 Å². The second-order valence-corrected chi connectivity index (χ2v) is 3.95. The van der Waals surface area contributed by atoms with Crippen LogP contribution >= 0.6 is 0 Å². The van der Waals surface area contributed by atoms with Crippen molar-refractivity contribution in [1.82, 2.24) is 4.98 Å². The molecular formula is C13H16N4. The molecule has 1 atom stereocenters. The van der Waals surface area contributed by atoms with E-state index in [0.29, 0.717) is 11.5 Å². The van der Waals surface area contributed by atoms with Gasteiger partial charge in [0.15, 0.2) is 0 Å². The molecule has 2 aromatic rings. The van der Waals surface area contributed by atoms with Gasteiger partial charge in [-0.3, -0.25) is 0 Å². The molecule has 0 radical (unpaired) electrons. The molecule has 1 unspecified atom stereocenters. The van der Waals surface area contributed by atoms with Gasteiger partial charge in [-0.15, -0.1) is 0 Å². The van der Waals surface area contributed by atoms with Crippen molar-refractivity contribution in [2.24, 2.45) is 0 Å². The van der Waals surface area contributed by atoms with E-state index < -0.39 is 0 Å². The number of hydrogen-bond donors (Lipinski definition) is 3. The summed E-state index contributed by atoms with van der Waals surface area (Å²) in [5.74, 6) is 1.09. The molecule has 5 N–H and O–H groups in total. The Morgan fingerprint density at radius 2 is 1.76 bits per heavy atom. The first-order chi connectivity index (χ1) is 8.16. The predicted molar refractivity (Wildman–Crippen MR) is 71.5 cm³/mol. The Hall–Kier alpha value is -2.23. The maximum atomic E-state index is 5.66. The van der Waals surface area contributed by atoms with Crippen LogP contribution in [0.15, 0.2) is 42.5 Å². The van der Waals surface area contributed by atoms with Gasteiger partial charge in [0.2, 0.25) is 0 Å². The molecular weight excluding hydrogens is 212 g/mol. The van der Waals surface area contributed by atoms with Crippen molar-refractivity contribution < 1.29 is 0 Å². The first-order valence-electron chi connectivity index (χ1n) is 5.50. The second kappa shape index (κ2) is 4.74. The smallest absolute Gasteiger partial charge is 0.149 e. The minimum absolute atomic E-state index is 0.173. The lowest BCUT2D eigenvalue weighted by molar-refractivity contribution is 0.875. The van der Waals surface area contributed by atoms with Gasteiger partial charge in [0.25, 0.3) is 0 Å². The number of nitrogens with two attached hydrogens (primary N) is 2. The quantitative estimate of drug-likeness (QED) is 0.754. The van der Waals surface area contributed by atoms with Crippen LogP contribution in [0.2, 0.25) is 0 Å². The van der Waals surface area contributed by atoms with Crippen LogP contribution in [0.25, 0.3) is 0 Å². The van der Waals surface area contributed by atoms with E-state index in [1.165, 1.54) is 5.56 Å². The fraction of sp³-hybridized carbons (Fsp3) is 0.154. The number of nitrogens with one attached hydrogen (secondary N) is 1. The Morgan fingerprint density at radius 3 is 2.41 bits per heavy atom. The van der Waals surface area contributed by atoms with Crippen LogP contribution in [0.1, 0.15) is 18.5 Å².